The number of hydrogen-bond donors (Lipinski definition) is 2. The van der Waals surface area contributed by atoms with Crippen molar-refractivity contribution in [3.63, 3.8) is 0 Å². The van der Waals surface area contributed by atoms with Crippen LogP contribution in [-0.2, 0) is 11.2 Å². The third-order valence-corrected chi connectivity index (χ3v) is 6.54. The highest BCUT2D eigenvalue weighted by molar-refractivity contribution is 5.87. The molecule has 4 bridgehead atoms. The number of hydrogen-bond acceptors (Lipinski definition) is 3. The molecule has 24 heavy (non-hydrogen) atoms. The van der Waals surface area contributed by atoms with Crippen LogP contribution >= 0.6 is 0 Å². The van der Waals surface area contributed by atoms with E-state index in [2.05, 4.69) is 54.4 Å². The summed E-state index contributed by atoms with van der Waals surface area (Å²) in [6, 6.07) is 11.0. The number of nitrogens with zero attached hydrogens (tertiary/aromatic N) is 1. The first kappa shape index (κ1) is 16.1. The minimum absolute atomic E-state index is 0.139. The van der Waals surface area contributed by atoms with E-state index in [-0.39, 0.29) is 11.9 Å². The lowest BCUT2D eigenvalue weighted by molar-refractivity contribution is -0.134. The maximum atomic E-state index is 12.6. The Morgan fingerprint density at radius 3 is 2.79 bits per heavy atom. The van der Waals surface area contributed by atoms with Gasteiger partial charge in [-0.15, -0.1) is 0 Å². The number of carbonyl (C=O) groups is 1. The predicted octanol–water partition coefficient (Wildman–Crippen LogP) is 1.65. The van der Waals surface area contributed by atoms with Crippen LogP contribution in [0.3, 0.4) is 0 Å². The van der Waals surface area contributed by atoms with Crippen LogP contribution in [0.15, 0.2) is 30.3 Å². The lowest BCUT2D eigenvalue weighted by atomic mass is 9.58. The van der Waals surface area contributed by atoms with Crippen molar-refractivity contribution in [1.29, 1.82) is 0 Å². The third kappa shape index (κ3) is 2.31. The van der Waals surface area contributed by atoms with E-state index >= 15 is 0 Å². The van der Waals surface area contributed by atoms with E-state index in [1.807, 2.05) is 0 Å². The first-order valence-electron chi connectivity index (χ1n) is 9.35. The number of fused-ring (bicyclic) bond motifs is 1. The van der Waals surface area contributed by atoms with Gasteiger partial charge in [0, 0.05) is 25.0 Å². The lowest BCUT2D eigenvalue weighted by Crippen LogP contribution is -2.75. The van der Waals surface area contributed by atoms with Gasteiger partial charge in [0.05, 0.1) is 0 Å². The molecular formula is C20H29N3O. The summed E-state index contributed by atoms with van der Waals surface area (Å²) in [5.74, 6) is 2.01. The van der Waals surface area contributed by atoms with E-state index in [0.29, 0.717) is 23.7 Å². The van der Waals surface area contributed by atoms with E-state index < -0.39 is 5.54 Å². The van der Waals surface area contributed by atoms with Crippen molar-refractivity contribution >= 4 is 5.91 Å². The quantitative estimate of drug-likeness (QED) is 0.864. The Hall–Kier alpha value is -1.39. The van der Waals surface area contributed by atoms with Gasteiger partial charge in [0.15, 0.2) is 0 Å². The molecular weight excluding hydrogens is 298 g/mol. The molecule has 0 spiro atoms. The molecule has 130 valence electrons. The molecule has 5 rings (SSSR count). The monoisotopic (exact) mass is 327 g/mol. The number of likely N-dealkylation sites (tertiary alicyclic amines) is 1. The summed E-state index contributed by atoms with van der Waals surface area (Å²) in [6.45, 7) is 7.52. The molecule has 5 atom stereocenters. The molecule has 3 saturated heterocycles. The summed E-state index contributed by atoms with van der Waals surface area (Å²) in [7, 11) is 0. The zero-order valence-corrected chi connectivity index (χ0v) is 14.7. The fourth-order valence-corrected chi connectivity index (χ4v) is 5.78. The van der Waals surface area contributed by atoms with Crippen molar-refractivity contribution in [2.75, 3.05) is 19.6 Å². The summed E-state index contributed by atoms with van der Waals surface area (Å²) < 4.78 is 0. The van der Waals surface area contributed by atoms with Gasteiger partial charge < -0.3 is 11.1 Å². The normalized spacial score (nSPS) is 38.0. The van der Waals surface area contributed by atoms with Gasteiger partial charge in [-0.25, -0.2) is 0 Å². The van der Waals surface area contributed by atoms with Gasteiger partial charge in [0.2, 0.25) is 5.91 Å². The predicted molar refractivity (Wildman–Crippen MR) is 95.4 cm³/mol. The molecule has 0 radical (unpaired) electrons. The molecule has 1 aliphatic carbocycles. The van der Waals surface area contributed by atoms with E-state index in [0.717, 1.165) is 32.5 Å². The second-order valence-corrected chi connectivity index (χ2v) is 8.45. The second-order valence-electron chi connectivity index (χ2n) is 8.45. The van der Waals surface area contributed by atoms with Crippen molar-refractivity contribution in [1.82, 2.24) is 10.2 Å². The van der Waals surface area contributed by atoms with Crippen LogP contribution < -0.4 is 11.1 Å². The van der Waals surface area contributed by atoms with Crippen molar-refractivity contribution in [2.45, 2.75) is 38.3 Å². The highest BCUT2D eigenvalue weighted by Crippen LogP contribution is 2.53. The van der Waals surface area contributed by atoms with E-state index in [1.165, 1.54) is 5.56 Å². The van der Waals surface area contributed by atoms with E-state index in [1.54, 1.807) is 0 Å². The van der Waals surface area contributed by atoms with Crippen molar-refractivity contribution < 1.29 is 4.79 Å². The number of benzene rings is 1. The number of nitrogens with one attached hydrogen (secondary N) is 1. The summed E-state index contributed by atoms with van der Waals surface area (Å²) in [4.78, 5) is 15.1. The molecule has 1 saturated carbocycles. The number of amides is 1. The van der Waals surface area contributed by atoms with Crippen LogP contribution in [0.2, 0.25) is 0 Å². The average Bonchev–Trinajstić information content (AvgIpc) is 2.81. The minimum Gasteiger partial charge on any atom is -0.368 e. The highest BCUT2D eigenvalue weighted by atomic mass is 16.1. The Bertz CT molecular complexity index is 617. The Labute approximate surface area is 144 Å². The fraction of sp³-hybridized carbons (Fsp3) is 0.650. The van der Waals surface area contributed by atoms with Gasteiger partial charge in [-0.1, -0.05) is 44.2 Å². The van der Waals surface area contributed by atoms with E-state index in [4.69, 9.17) is 5.73 Å². The maximum absolute atomic E-state index is 12.6. The molecule has 4 heteroatoms. The largest absolute Gasteiger partial charge is 0.368 e. The van der Waals surface area contributed by atoms with Gasteiger partial charge in [0.1, 0.15) is 5.54 Å². The molecule has 3 N–H and O–H groups in total. The van der Waals surface area contributed by atoms with Crippen LogP contribution in [0, 0.1) is 23.7 Å². The molecule has 5 unspecified atom stereocenters. The molecule has 1 aromatic carbocycles. The summed E-state index contributed by atoms with van der Waals surface area (Å²) in [5.41, 5.74) is 6.85. The van der Waals surface area contributed by atoms with Gasteiger partial charge >= 0.3 is 0 Å². The summed E-state index contributed by atoms with van der Waals surface area (Å²) in [6.07, 6.45) is 2.19. The Kier molecular flexibility index (Phi) is 3.92. The molecule has 1 amide bonds. The molecule has 0 aromatic heterocycles. The van der Waals surface area contributed by atoms with Gasteiger partial charge in [0.25, 0.3) is 0 Å². The average molecular weight is 327 g/mol. The summed E-state index contributed by atoms with van der Waals surface area (Å²) in [5, 5.41) is 3.60. The Morgan fingerprint density at radius 1 is 1.38 bits per heavy atom. The minimum atomic E-state index is -0.511. The van der Waals surface area contributed by atoms with Crippen molar-refractivity contribution in [2.24, 2.45) is 29.4 Å². The lowest BCUT2D eigenvalue weighted by Gasteiger charge is -2.55. The Balaban J connectivity index is 1.70. The molecule has 3 heterocycles. The summed E-state index contributed by atoms with van der Waals surface area (Å²) >= 11 is 0. The number of nitrogens with two attached hydrogens (primary N) is 1. The van der Waals surface area contributed by atoms with Crippen LogP contribution in [-0.4, -0.2) is 42.0 Å². The number of rotatable bonds is 5. The van der Waals surface area contributed by atoms with Crippen LogP contribution in [0.5, 0.6) is 0 Å². The second kappa shape index (κ2) is 5.85. The number of carbonyl (C=O) groups excluding carboxylic acids is 1. The van der Waals surface area contributed by atoms with Gasteiger partial charge in [-0.2, -0.15) is 0 Å². The molecule has 3 aliphatic heterocycles. The zero-order valence-electron chi connectivity index (χ0n) is 14.7. The number of piperidine rings is 2. The Morgan fingerprint density at radius 2 is 2.12 bits per heavy atom. The first-order valence-corrected chi connectivity index (χ1v) is 9.35. The van der Waals surface area contributed by atoms with Crippen molar-refractivity contribution in [3.8, 4) is 0 Å². The number of primary amides is 1. The first-order chi connectivity index (χ1) is 11.5. The van der Waals surface area contributed by atoms with E-state index in [9.17, 15) is 4.79 Å². The van der Waals surface area contributed by atoms with Crippen molar-refractivity contribution in [3.05, 3.63) is 35.9 Å². The smallest absolute Gasteiger partial charge is 0.239 e. The highest BCUT2D eigenvalue weighted by Gasteiger charge is 2.67. The maximum Gasteiger partial charge on any atom is 0.239 e. The molecule has 1 aromatic rings. The topological polar surface area (TPSA) is 58.4 Å². The molecule has 4 aliphatic rings. The molecule has 4 fully saturated rings. The van der Waals surface area contributed by atoms with Gasteiger partial charge in [-0.05, 0) is 42.7 Å². The SMILES string of the molecule is CC(C)CN1CC2CC3CNC2(C(N)=O)C1C3Cc1ccccc1. The van der Waals surface area contributed by atoms with Crippen LogP contribution in [0.1, 0.15) is 25.8 Å². The zero-order chi connectivity index (χ0) is 16.9. The van der Waals surface area contributed by atoms with Gasteiger partial charge in [-0.3, -0.25) is 9.69 Å². The fourth-order valence-electron chi connectivity index (χ4n) is 5.78. The van der Waals surface area contributed by atoms with Crippen LogP contribution in [0.4, 0.5) is 0 Å². The third-order valence-electron chi connectivity index (χ3n) is 6.54. The van der Waals surface area contributed by atoms with Crippen LogP contribution in [0.25, 0.3) is 0 Å². The standard InChI is InChI=1S/C20H29N3O/c1-13(2)11-23-12-16-9-15-10-22-20(16,19(21)24)18(23)17(15)8-14-6-4-3-5-7-14/h3-7,13,15-18,22H,8-12H2,1-2H3,(H2,21,24). The molecule has 4 nitrogen and oxygen atoms in total.